The Morgan fingerprint density at radius 3 is 2.82 bits per heavy atom. The van der Waals surface area contributed by atoms with Crippen LogP contribution in [0.15, 0.2) is 12.3 Å². The SMILES string of the molecule is Cc1cc(F)cnc1OCC(C)(C)NC(=O)C1[C@H]2CNC[C@@H]12. The first kappa shape index (κ1) is 15.2. The van der Waals surface area contributed by atoms with Crippen molar-refractivity contribution in [1.82, 2.24) is 15.6 Å². The number of aryl methyl sites for hydroxylation is 1. The molecule has 0 bridgehead atoms. The monoisotopic (exact) mass is 307 g/mol. The fraction of sp³-hybridized carbons (Fsp3) is 0.625. The number of aromatic nitrogens is 1. The number of nitrogens with one attached hydrogen (secondary N) is 2. The Labute approximate surface area is 129 Å². The van der Waals surface area contributed by atoms with Crippen LogP contribution in [0.4, 0.5) is 4.39 Å². The summed E-state index contributed by atoms with van der Waals surface area (Å²) >= 11 is 0. The molecule has 0 radical (unpaired) electrons. The van der Waals surface area contributed by atoms with Gasteiger partial charge in [0, 0.05) is 11.5 Å². The van der Waals surface area contributed by atoms with Crippen LogP contribution < -0.4 is 15.4 Å². The minimum absolute atomic E-state index is 0.105. The molecule has 1 aromatic heterocycles. The van der Waals surface area contributed by atoms with Crippen molar-refractivity contribution in [3.63, 3.8) is 0 Å². The highest BCUT2D eigenvalue weighted by Gasteiger charge is 2.57. The molecule has 0 spiro atoms. The largest absolute Gasteiger partial charge is 0.475 e. The second-order valence-electron chi connectivity index (χ2n) is 6.95. The van der Waals surface area contributed by atoms with E-state index in [-0.39, 0.29) is 17.6 Å². The zero-order chi connectivity index (χ0) is 15.9. The number of amides is 1. The lowest BCUT2D eigenvalue weighted by Gasteiger charge is -2.26. The van der Waals surface area contributed by atoms with Crippen molar-refractivity contribution >= 4 is 5.91 Å². The maximum Gasteiger partial charge on any atom is 0.224 e. The predicted octanol–water partition coefficient (Wildman–Crippen LogP) is 1.27. The molecule has 3 atom stereocenters. The number of hydrogen-bond acceptors (Lipinski definition) is 4. The van der Waals surface area contributed by atoms with Crippen molar-refractivity contribution in [3.05, 3.63) is 23.6 Å². The second kappa shape index (κ2) is 5.50. The minimum Gasteiger partial charge on any atom is -0.475 e. The van der Waals surface area contributed by atoms with Gasteiger partial charge in [0.25, 0.3) is 0 Å². The van der Waals surface area contributed by atoms with Crippen molar-refractivity contribution in [2.24, 2.45) is 17.8 Å². The molecular weight excluding hydrogens is 285 g/mol. The zero-order valence-electron chi connectivity index (χ0n) is 13.1. The first-order chi connectivity index (χ1) is 10.4. The molecular formula is C16H22FN3O2. The molecule has 2 heterocycles. The molecule has 1 saturated carbocycles. The Bertz CT molecular complexity index is 581. The molecule has 1 aliphatic heterocycles. The molecule has 1 unspecified atom stereocenters. The van der Waals surface area contributed by atoms with Gasteiger partial charge >= 0.3 is 0 Å². The number of piperidine rings is 1. The Hall–Kier alpha value is -1.69. The van der Waals surface area contributed by atoms with Gasteiger partial charge in [0.2, 0.25) is 11.8 Å². The van der Waals surface area contributed by atoms with Gasteiger partial charge in [-0.05, 0) is 51.8 Å². The smallest absolute Gasteiger partial charge is 0.224 e. The molecule has 120 valence electrons. The quantitative estimate of drug-likeness (QED) is 0.860. The van der Waals surface area contributed by atoms with Gasteiger partial charge in [0.05, 0.1) is 11.7 Å². The summed E-state index contributed by atoms with van der Waals surface area (Å²) in [5.74, 6) is 1.26. The number of carbonyl (C=O) groups is 1. The van der Waals surface area contributed by atoms with Crippen LogP contribution >= 0.6 is 0 Å². The molecule has 1 aliphatic carbocycles. The van der Waals surface area contributed by atoms with E-state index in [1.54, 1.807) is 6.92 Å². The number of carbonyl (C=O) groups excluding carboxylic acids is 1. The van der Waals surface area contributed by atoms with Gasteiger partial charge in [-0.3, -0.25) is 4.79 Å². The van der Waals surface area contributed by atoms with Crippen LogP contribution in [0.25, 0.3) is 0 Å². The lowest BCUT2D eigenvalue weighted by Crippen LogP contribution is -2.49. The third-order valence-corrected chi connectivity index (χ3v) is 4.42. The van der Waals surface area contributed by atoms with E-state index in [2.05, 4.69) is 15.6 Å². The van der Waals surface area contributed by atoms with E-state index in [9.17, 15) is 9.18 Å². The molecule has 1 amide bonds. The fourth-order valence-corrected chi connectivity index (χ4v) is 3.19. The van der Waals surface area contributed by atoms with Crippen LogP contribution in [0.3, 0.4) is 0 Å². The number of pyridine rings is 1. The van der Waals surface area contributed by atoms with Crippen LogP contribution in [-0.2, 0) is 4.79 Å². The van der Waals surface area contributed by atoms with Crippen molar-refractivity contribution in [1.29, 1.82) is 0 Å². The molecule has 2 N–H and O–H groups in total. The van der Waals surface area contributed by atoms with Crippen LogP contribution in [0, 0.1) is 30.5 Å². The number of rotatable bonds is 5. The molecule has 1 saturated heterocycles. The van der Waals surface area contributed by atoms with E-state index in [0.29, 0.717) is 29.9 Å². The van der Waals surface area contributed by atoms with Gasteiger partial charge < -0.3 is 15.4 Å². The molecule has 3 rings (SSSR count). The molecule has 2 fully saturated rings. The maximum absolute atomic E-state index is 13.0. The van der Waals surface area contributed by atoms with Gasteiger partial charge in [0.1, 0.15) is 12.4 Å². The molecule has 6 heteroatoms. The average molecular weight is 307 g/mol. The highest BCUT2D eigenvalue weighted by Crippen LogP contribution is 2.48. The van der Waals surface area contributed by atoms with E-state index >= 15 is 0 Å². The van der Waals surface area contributed by atoms with E-state index < -0.39 is 5.54 Å². The summed E-state index contributed by atoms with van der Waals surface area (Å²) in [6.45, 7) is 7.75. The topological polar surface area (TPSA) is 63.2 Å². The number of halogens is 1. The highest BCUT2D eigenvalue weighted by atomic mass is 19.1. The Morgan fingerprint density at radius 2 is 2.18 bits per heavy atom. The van der Waals surface area contributed by atoms with Crippen molar-refractivity contribution in [3.8, 4) is 5.88 Å². The van der Waals surface area contributed by atoms with Crippen molar-refractivity contribution in [2.75, 3.05) is 19.7 Å². The average Bonchev–Trinajstić information content (AvgIpc) is 2.91. The Kier molecular flexibility index (Phi) is 3.80. The van der Waals surface area contributed by atoms with Gasteiger partial charge in [-0.25, -0.2) is 9.37 Å². The molecule has 1 aromatic rings. The normalized spacial score (nSPS) is 26.5. The Balaban J connectivity index is 1.53. The minimum atomic E-state index is -0.496. The maximum atomic E-state index is 13.0. The summed E-state index contributed by atoms with van der Waals surface area (Å²) in [5, 5.41) is 6.34. The number of hydrogen-bond donors (Lipinski definition) is 2. The van der Waals surface area contributed by atoms with Crippen molar-refractivity contribution < 1.29 is 13.9 Å². The summed E-state index contributed by atoms with van der Waals surface area (Å²) in [4.78, 5) is 16.2. The summed E-state index contributed by atoms with van der Waals surface area (Å²) in [6, 6.07) is 1.38. The van der Waals surface area contributed by atoms with E-state index in [1.807, 2.05) is 13.8 Å². The van der Waals surface area contributed by atoms with Crippen molar-refractivity contribution in [2.45, 2.75) is 26.3 Å². The van der Waals surface area contributed by atoms with Crippen LogP contribution in [0.5, 0.6) is 5.88 Å². The van der Waals surface area contributed by atoms with Gasteiger partial charge in [-0.1, -0.05) is 0 Å². The molecule has 2 aliphatic rings. The summed E-state index contributed by atoms with van der Waals surface area (Å²) < 4.78 is 18.7. The lowest BCUT2D eigenvalue weighted by molar-refractivity contribution is -0.125. The van der Waals surface area contributed by atoms with Gasteiger partial charge in [0.15, 0.2) is 0 Å². The summed E-state index contributed by atoms with van der Waals surface area (Å²) in [5.41, 5.74) is 0.147. The number of fused-ring (bicyclic) bond motifs is 1. The standard InChI is InChI=1S/C16H22FN3O2/c1-9-4-10(17)5-19-15(9)22-8-16(2,3)20-14(21)13-11-6-18-7-12(11)13/h4-5,11-13,18H,6-8H2,1-3H3,(H,20,21)/t11-,12+,13?. The fourth-order valence-electron chi connectivity index (χ4n) is 3.19. The summed E-state index contributed by atoms with van der Waals surface area (Å²) in [6.07, 6.45) is 1.13. The van der Waals surface area contributed by atoms with Crippen LogP contribution in [0.1, 0.15) is 19.4 Å². The number of nitrogens with zero attached hydrogens (tertiary/aromatic N) is 1. The Morgan fingerprint density at radius 1 is 1.50 bits per heavy atom. The highest BCUT2D eigenvalue weighted by molar-refractivity contribution is 5.83. The predicted molar refractivity (Wildman–Crippen MR) is 80.0 cm³/mol. The van der Waals surface area contributed by atoms with E-state index in [1.165, 1.54) is 6.07 Å². The first-order valence-corrected chi connectivity index (χ1v) is 7.65. The van der Waals surface area contributed by atoms with Crippen LogP contribution in [-0.4, -0.2) is 36.1 Å². The van der Waals surface area contributed by atoms with E-state index in [0.717, 1.165) is 19.3 Å². The molecule has 0 aromatic carbocycles. The van der Waals surface area contributed by atoms with E-state index in [4.69, 9.17) is 4.74 Å². The first-order valence-electron chi connectivity index (χ1n) is 7.65. The summed E-state index contributed by atoms with van der Waals surface area (Å²) in [7, 11) is 0. The number of ether oxygens (including phenoxy) is 1. The van der Waals surface area contributed by atoms with Gasteiger partial charge in [-0.15, -0.1) is 0 Å². The third-order valence-electron chi connectivity index (χ3n) is 4.42. The molecule has 5 nitrogen and oxygen atoms in total. The second-order valence-corrected chi connectivity index (χ2v) is 6.95. The zero-order valence-corrected chi connectivity index (χ0v) is 13.1. The third kappa shape index (κ3) is 3.06. The van der Waals surface area contributed by atoms with Gasteiger partial charge in [-0.2, -0.15) is 0 Å². The lowest BCUT2D eigenvalue weighted by atomic mass is 10.1. The van der Waals surface area contributed by atoms with Crippen LogP contribution in [0.2, 0.25) is 0 Å². The molecule has 22 heavy (non-hydrogen) atoms.